The Morgan fingerprint density at radius 3 is 2.79 bits per heavy atom. The highest BCUT2D eigenvalue weighted by Crippen LogP contribution is 2.43. The minimum Gasteiger partial charge on any atom is -0.492 e. The number of halogens is 3. The predicted octanol–water partition coefficient (Wildman–Crippen LogP) is 4.60. The normalized spacial score (nSPS) is 20.2. The summed E-state index contributed by atoms with van der Waals surface area (Å²) in [5, 5.41) is 8.97. The van der Waals surface area contributed by atoms with Gasteiger partial charge in [-0.3, -0.25) is 4.79 Å². The highest BCUT2D eigenvalue weighted by atomic mass is 19.4. The molecule has 1 aliphatic carbocycles. The zero-order valence-corrected chi connectivity index (χ0v) is 14.7. The van der Waals surface area contributed by atoms with Crippen LogP contribution in [0.25, 0.3) is 0 Å². The number of alkyl halides is 3. The van der Waals surface area contributed by atoms with Crippen LogP contribution in [0.15, 0.2) is 36.4 Å². The largest absolute Gasteiger partial charge is 0.573 e. The van der Waals surface area contributed by atoms with Gasteiger partial charge in [0.05, 0.1) is 13.0 Å². The maximum absolute atomic E-state index is 12.6. The number of carboxylic acid groups (broad SMARTS) is 1. The fourth-order valence-electron chi connectivity index (χ4n) is 3.80. The van der Waals surface area contributed by atoms with Gasteiger partial charge >= 0.3 is 12.3 Å². The Morgan fingerprint density at radius 1 is 1.21 bits per heavy atom. The van der Waals surface area contributed by atoms with Gasteiger partial charge in [0.1, 0.15) is 23.4 Å². The molecule has 0 amide bonds. The summed E-state index contributed by atoms with van der Waals surface area (Å²) in [6.45, 7) is 0.301. The van der Waals surface area contributed by atoms with Crippen LogP contribution in [0, 0.1) is 0 Å². The van der Waals surface area contributed by atoms with Crippen molar-refractivity contribution in [1.82, 2.24) is 0 Å². The predicted molar refractivity (Wildman–Crippen MR) is 91.7 cm³/mol. The van der Waals surface area contributed by atoms with Crippen molar-refractivity contribution in [2.75, 3.05) is 6.61 Å². The Bertz CT molecular complexity index is 909. The number of aliphatic carboxylic acids is 1. The van der Waals surface area contributed by atoms with Crippen LogP contribution in [0.1, 0.15) is 41.6 Å². The van der Waals surface area contributed by atoms with Crippen LogP contribution in [0.2, 0.25) is 0 Å². The summed E-state index contributed by atoms with van der Waals surface area (Å²) in [4.78, 5) is 10.9. The van der Waals surface area contributed by atoms with Gasteiger partial charge in [-0.2, -0.15) is 0 Å². The molecule has 0 fully saturated rings. The molecule has 1 aliphatic heterocycles. The zero-order valence-electron chi connectivity index (χ0n) is 14.7. The summed E-state index contributed by atoms with van der Waals surface area (Å²) in [7, 11) is 0. The van der Waals surface area contributed by atoms with E-state index in [1.807, 2.05) is 0 Å². The lowest BCUT2D eigenvalue weighted by Crippen LogP contribution is -2.18. The second kappa shape index (κ2) is 6.92. The van der Waals surface area contributed by atoms with E-state index in [4.69, 9.17) is 14.6 Å². The second-order valence-corrected chi connectivity index (χ2v) is 6.82. The van der Waals surface area contributed by atoms with Crippen molar-refractivity contribution in [1.29, 1.82) is 0 Å². The Labute approximate surface area is 158 Å². The van der Waals surface area contributed by atoms with E-state index < -0.39 is 12.3 Å². The average molecular weight is 394 g/mol. The molecule has 2 aliphatic rings. The summed E-state index contributed by atoms with van der Waals surface area (Å²) in [5.74, 6) is -0.173. The van der Waals surface area contributed by atoms with Crippen molar-refractivity contribution >= 4 is 5.97 Å². The number of ether oxygens (including phenoxy) is 3. The Balaban J connectivity index is 1.52. The topological polar surface area (TPSA) is 65.0 Å². The number of carboxylic acids is 1. The van der Waals surface area contributed by atoms with Crippen LogP contribution in [0.4, 0.5) is 13.2 Å². The van der Waals surface area contributed by atoms with E-state index >= 15 is 0 Å². The van der Waals surface area contributed by atoms with Crippen molar-refractivity contribution in [3.05, 3.63) is 53.1 Å². The SMILES string of the molecule is O=C(O)C[C@@H]1COc2cc(O[C@@H]3CCc4c(OC(F)(F)F)cccc43)ccc21. The highest BCUT2D eigenvalue weighted by Gasteiger charge is 2.35. The lowest BCUT2D eigenvalue weighted by atomic mass is 9.98. The van der Waals surface area contributed by atoms with Crippen LogP contribution >= 0.6 is 0 Å². The van der Waals surface area contributed by atoms with Gasteiger partial charge in [0.25, 0.3) is 0 Å². The standard InChI is InChI=1S/C20H17F3O5/c21-20(22,23)28-17-3-1-2-14-15(17)6-7-16(14)27-12-4-5-13-11(8-19(24)25)10-26-18(13)9-12/h1-5,9,11,16H,6-8,10H2,(H,24,25)/t11-,16-/m1/s1. The molecule has 2 atom stereocenters. The molecule has 1 heterocycles. The molecule has 0 aromatic heterocycles. The number of hydrogen-bond donors (Lipinski definition) is 1. The summed E-state index contributed by atoms with van der Waals surface area (Å²) < 4.78 is 53.5. The third-order valence-corrected chi connectivity index (χ3v) is 4.96. The van der Waals surface area contributed by atoms with E-state index in [1.165, 1.54) is 12.1 Å². The van der Waals surface area contributed by atoms with Gasteiger partial charge in [0, 0.05) is 23.1 Å². The quantitative estimate of drug-likeness (QED) is 0.803. The molecule has 0 saturated carbocycles. The molecule has 0 spiro atoms. The van der Waals surface area contributed by atoms with Crippen LogP contribution in [-0.4, -0.2) is 24.0 Å². The number of rotatable bonds is 5. The van der Waals surface area contributed by atoms with Crippen LogP contribution in [0.5, 0.6) is 17.2 Å². The molecule has 0 bridgehead atoms. The lowest BCUT2D eigenvalue weighted by molar-refractivity contribution is -0.274. The van der Waals surface area contributed by atoms with Crippen molar-refractivity contribution in [3.63, 3.8) is 0 Å². The first-order valence-corrected chi connectivity index (χ1v) is 8.83. The Morgan fingerprint density at radius 2 is 2.04 bits per heavy atom. The zero-order chi connectivity index (χ0) is 19.9. The van der Waals surface area contributed by atoms with Crippen molar-refractivity contribution < 1.29 is 37.3 Å². The van der Waals surface area contributed by atoms with E-state index in [-0.39, 0.29) is 24.2 Å². The first-order valence-electron chi connectivity index (χ1n) is 8.83. The van der Waals surface area contributed by atoms with E-state index in [9.17, 15) is 18.0 Å². The van der Waals surface area contributed by atoms with E-state index in [0.29, 0.717) is 42.1 Å². The summed E-state index contributed by atoms with van der Waals surface area (Å²) in [6, 6.07) is 9.78. The fourth-order valence-corrected chi connectivity index (χ4v) is 3.80. The van der Waals surface area contributed by atoms with E-state index in [1.54, 1.807) is 24.3 Å². The maximum atomic E-state index is 12.6. The Hall–Kier alpha value is -2.90. The minimum atomic E-state index is -4.74. The van der Waals surface area contributed by atoms with Crippen LogP contribution in [-0.2, 0) is 11.2 Å². The van der Waals surface area contributed by atoms with Crippen molar-refractivity contribution in [3.8, 4) is 17.2 Å². The van der Waals surface area contributed by atoms with Gasteiger partial charge in [-0.05, 0) is 30.5 Å². The minimum absolute atomic E-state index is 0.00874. The molecule has 8 heteroatoms. The van der Waals surface area contributed by atoms with Crippen LogP contribution in [0.3, 0.4) is 0 Å². The fraction of sp³-hybridized carbons (Fsp3) is 0.350. The van der Waals surface area contributed by atoms with Crippen molar-refractivity contribution in [2.24, 2.45) is 0 Å². The summed E-state index contributed by atoms with van der Waals surface area (Å²) in [6.07, 6.45) is -4.18. The van der Waals surface area contributed by atoms with E-state index in [0.717, 1.165) is 5.56 Å². The number of benzene rings is 2. The third kappa shape index (κ3) is 3.72. The first kappa shape index (κ1) is 18.5. The van der Waals surface area contributed by atoms with Gasteiger partial charge in [-0.15, -0.1) is 13.2 Å². The molecule has 2 aromatic rings. The van der Waals surface area contributed by atoms with Crippen molar-refractivity contribution in [2.45, 2.75) is 37.6 Å². The molecule has 1 N–H and O–H groups in total. The lowest BCUT2D eigenvalue weighted by Gasteiger charge is -2.17. The monoisotopic (exact) mass is 394 g/mol. The molecule has 5 nitrogen and oxygen atoms in total. The molecule has 2 aromatic carbocycles. The van der Waals surface area contributed by atoms with Gasteiger partial charge in [0.15, 0.2) is 0 Å². The van der Waals surface area contributed by atoms with Gasteiger partial charge in [-0.1, -0.05) is 18.2 Å². The highest BCUT2D eigenvalue weighted by molar-refractivity contribution is 5.68. The molecular formula is C20H17F3O5. The summed E-state index contributed by atoms with van der Waals surface area (Å²) in [5.41, 5.74) is 2.00. The Kier molecular flexibility index (Phi) is 4.56. The molecule has 28 heavy (non-hydrogen) atoms. The second-order valence-electron chi connectivity index (χ2n) is 6.82. The molecule has 0 saturated heterocycles. The molecule has 148 valence electrons. The van der Waals surface area contributed by atoms with Gasteiger partial charge < -0.3 is 19.3 Å². The third-order valence-electron chi connectivity index (χ3n) is 4.96. The number of hydrogen-bond acceptors (Lipinski definition) is 4. The smallest absolute Gasteiger partial charge is 0.492 e. The van der Waals surface area contributed by atoms with Crippen LogP contribution < -0.4 is 14.2 Å². The van der Waals surface area contributed by atoms with E-state index in [2.05, 4.69) is 4.74 Å². The number of fused-ring (bicyclic) bond motifs is 2. The average Bonchev–Trinajstić information content (AvgIpc) is 3.18. The molecule has 4 rings (SSSR count). The molecule has 0 unspecified atom stereocenters. The maximum Gasteiger partial charge on any atom is 0.573 e. The molecular weight excluding hydrogens is 377 g/mol. The van der Waals surface area contributed by atoms with Gasteiger partial charge in [0.2, 0.25) is 0 Å². The first-order chi connectivity index (χ1) is 13.3. The summed E-state index contributed by atoms with van der Waals surface area (Å²) >= 11 is 0. The molecule has 0 radical (unpaired) electrons. The number of carbonyl (C=O) groups is 1. The van der Waals surface area contributed by atoms with Gasteiger partial charge in [-0.25, -0.2) is 0 Å².